The van der Waals surface area contributed by atoms with Crippen LogP contribution in [-0.2, 0) is 40.4 Å². The normalized spacial score (nSPS) is 22.9. The van der Waals surface area contributed by atoms with Crippen LogP contribution in [0.2, 0.25) is 0 Å². The molecular formula is C36H41FO8S2. The number of esters is 1. The molecule has 1 heterocycles. The molecule has 3 aromatic carbocycles. The largest absolute Gasteiger partial charge is 0.428 e. The predicted molar refractivity (Wildman–Crippen MR) is 175 cm³/mol. The molecule has 5 rings (SSSR count). The first-order chi connectivity index (χ1) is 22.2. The van der Waals surface area contributed by atoms with Crippen molar-refractivity contribution < 1.29 is 40.6 Å². The SMILES string of the molecule is CC1=C([C@@H](O)c2cc(F)ccc2CC(S(=O)(=O)c2ccccc2)S(=O)(=O)c2ccccc2)C(=O)O[C@H]1O[C@@H]1C[C@H](C)CC[C@H]1C(C)C. The highest BCUT2D eigenvalue weighted by molar-refractivity contribution is 8.09. The van der Waals surface area contributed by atoms with Crippen LogP contribution in [0.3, 0.4) is 0 Å². The van der Waals surface area contributed by atoms with Gasteiger partial charge in [-0.1, -0.05) is 69.7 Å². The van der Waals surface area contributed by atoms with E-state index < -0.39 is 54.9 Å². The lowest BCUT2D eigenvalue weighted by molar-refractivity contribution is -0.181. The molecule has 0 radical (unpaired) electrons. The first kappa shape index (κ1) is 34.9. The molecule has 8 nitrogen and oxygen atoms in total. The second-order valence-corrected chi connectivity index (χ2v) is 17.5. The maximum absolute atomic E-state index is 14.8. The van der Waals surface area contributed by atoms with Crippen LogP contribution in [-0.4, -0.2) is 44.9 Å². The number of rotatable bonds is 11. The molecule has 1 N–H and O–H groups in total. The molecule has 0 unspecified atom stereocenters. The van der Waals surface area contributed by atoms with E-state index in [2.05, 4.69) is 20.8 Å². The van der Waals surface area contributed by atoms with Gasteiger partial charge in [-0.25, -0.2) is 26.0 Å². The van der Waals surface area contributed by atoms with Gasteiger partial charge in [-0.15, -0.1) is 0 Å². The Morgan fingerprint density at radius 2 is 1.49 bits per heavy atom. The maximum Gasteiger partial charge on any atom is 0.339 e. The number of aliphatic hydroxyl groups is 1. The van der Waals surface area contributed by atoms with Crippen LogP contribution in [0.4, 0.5) is 4.39 Å². The van der Waals surface area contributed by atoms with Crippen molar-refractivity contribution in [2.75, 3.05) is 0 Å². The molecule has 0 spiro atoms. The summed E-state index contributed by atoms with van der Waals surface area (Å²) in [6.45, 7) is 8.01. The van der Waals surface area contributed by atoms with E-state index in [9.17, 15) is 31.1 Å². The standard InChI is InChI=1S/C36H41FO8S2/c1-22(2)29-18-15-23(3)19-31(29)44-36-24(4)33(35(39)45-36)34(38)30-21-26(37)17-16-25(30)20-32(46(40,41)27-11-7-5-8-12-27)47(42,43)28-13-9-6-10-14-28/h5-14,16-17,21-23,29,31-32,34,36,38H,15,18-20H2,1-4H3/t23-,29+,31-,34+,36-/m1/s1. The summed E-state index contributed by atoms with van der Waals surface area (Å²) in [7, 11) is -9.05. The lowest BCUT2D eigenvalue weighted by Gasteiger charge is -2.38. The summed E-state index contributed by atoms with van der Waals surface area (Å²) >= 11 is 0. The third-order valence-corrected chi connectivity index (χ3v) is 14.5. The minimum Gasteiger partial charge on any atom is -0.428 e. The second-order valence-electron chi connectivity index (χ2n) is 12.9. The minimum absolute atomic E-state index is 0.0429. The Labute approximate surface area is 276 Å². The molecule has 0 aromatic heterocycles. The molecule has 1 fully saturated rings. The quantitative estimate of drug-likeness (QED) is 0.232. The van der Waals surface area contributed by atoms with Gasteiger partial charge < -0.3 is 14.6 Å². The van der Waals surface area contributed by atoms with E-state index in [1.54, 1.807) is 19.1 Å². The van der Waals surface area contributed by atoms with Crippen molar-refractivity contribution in [1.29, 1.82) is 0 Å². The molecule has 47 heavy (non-hydrogen) atoms. The first-order valence-electron chi connectivity index (χ1n) is 15.8. The van der Waals surface area contributed by atoms with Gasteiger partial charge in [-0.3, -0.25) is 0 Å². The summed E-state index contributed by atoms with van der Waals surface area (Å²) in [5, 5.41) is 11.6. The van der Waals surface area contributed by atoms with Crippen LogP contribution in [0, 0.1) is 23.6 Å². The van der Waals surface area contributed by atoms with Gasteiger partial charge in [0.25, 0.3) is 0 Å². The number of hydrogen-bond acceptors (Lipinski definition) is 8. The Balaban J connectivity index is 1.53. The van der Waals surface area contributed by atoms with Crippen molar-refractivity contribution in [3.63, 3.8) is 0 Å². The zero-order chi connectivity index (χ0) is 34.1. The number of carbonyl (C=O) groups excluding carboxylic acids is 1. The Morgan fingerprint density at radius 1 is 0.915 bits per heavy atom. The Kier molecular flexibility index (Phi) is 10.4. The number of cyclic esters (lactones) is 1. The Morgan fingerprint density at radius 3 is 2.04 bits per heavy atom. The average Bonchev–Trinajstić information content (AvgIpc) is 3.32. The van der Waals surface area contributed by atoms with Crippen molar-refractivity contribution >= 4 is 25.6 Å². The summed E-state index contributed by atoms with van der Waals surface area (Å²) in [4.78, 5) is 12.8. The van der Waals surface area contributed by atoms with Crippen molar-refractivity contribution in [2.45, 2.75) is 86.2 Å². The van der Waals surface area contributed by atoms with Crippen LogP contribution < -0.4 is 0 Å². The highest BCUT2D eigenvalue weighted by atomic mass is 32.3. The number of carbonyl (C=O) groups is 1. The van der Waals surface area contributed by atoms with E-state index >= 15 is 0 Å². The number of halogens is 1. The van der Waals surface area contributed by atoms with Crippen LogP contribution in [0.5, 0.6) is 0 Å². The van der Waals surface area contributed by atoms with Gasteiger partial charge in [0, 0.05) is 12.0 Å². The van der Waals surface area contributed by atoms with Crippen LogP contribution in [0.1, 0.15) is 64.2 Å². The average molecular weight is 685 g/mol. The van der Waals surface area contributed by atoms with Crippen LogP contribution in [0.15, 0.2) is 99.8 Å². The fraction of sp³-hybridized carbons (Fsp3) is 0.417. The highest BCUT2D eigenvalue weighted by Gasteiger charge is 2.43. The summed E-state index contributed by atoms with van der Waals surface area (Å²) in [6.07, 6.45) is -0.733. The Bertz CT molecular complexity index is 1770. The molecule has 2 aliphatic rings. The van der Waals surface area contributed by atoms with Crippen LogP contribution in [0.25, 0.3) is 0 Å². The van der Waals surface area contributed by atoms with E-state index in [1.807, 2.05) is 0 Å². The lowest BCUT2D eigenvalue weighted by atomic mass is 9.75. The summed E-state index contributed by atoms with van der Waals surface area (Å²) < 4.78 is 80.6. The molecule has 3 aromatic rings. The van der Waals surface area contributed by atoms with Gasteiger partial charge in [0.1, 0.15) is 11.9 Å². The van der Waals surface area contributed by atoms with Crippen molar-refractivity contribution in [3.05, 3.63) is 107 Å². The zero-order valence-electron chi connectivity index (χ0n) is 26.9. The molecule has 1 aliphatic heterocycles. The fourth-order valence-corrected chi connectivity index (χ4v) is 11.2. The van der Waals surface area contributed by atoms with E-state index in [-0.39, 0.29) is 38.5 Å². The van der Waals surface area contributed by atoms with Crippen molar-refractivity contribution in [3.8, 4) is 0 Å². The fourth-order valence-electron chi connectivity index (χ4n) is 6.68. The summed E-state index contributed by atoms with van der Waals surface area (Å²) in [5.74, 6) is -0.559. The Hall–Kier alpha value is -3.38. The van der Waals surface area contributed by atoms with E-state index in [0.29, 0.717) is 17.4 Å². The topological polar surface area (TPSA) is 124 Å². The van der Waals surface area contributed by atoms with Gasteiger partial charge in [0.2, 0.25) is 6.29 Å². The molecule has 1 saturated carbocycles. The highest BCUT2D eigenvalue weighted by Crippen LogP contribution is 2.41. The second kappa shape index (κ2) is 14.0. The molecule has 0 saturated heterocycles. The predicted octanol–water partition coefficient (Wildman–Crippen LogP) is 6.35. The first-order valence-corrected chi connectivity index (χ1v) is 18.9. The molecule has 1 aliphatic carbocycles. The van der Waals surface area contributed by atoms with E-state index in [0.717, 1.165) is 31.4 Å². The molecule has 5 atom stereocenters. The number of benzene rings is 3. The maximum atomic E-state index is 14.8. The van der Waals surface area contributed by atoms with E-state index in [4.69, 9.17) is 9.47 Å². The van der Waals surface area contributed by atoms with Crippen LogP contribution >= 0.6 is 0 Å². The minimum atomic E-state index is -4.53. The smallest absolute Gasteiger partial charge is 0.339 e. The number of sulfone groups is 2. The zero-order valence-corrected chi connectivity index (χ0v) is 28.5. The molecule has 0 amide bonds. The third-order valence-electron chi connectivity index (χ3n) is 9.37. The van der Waals surface area contributed by atoms with Crippen molar-refractivity contribution in [2.24, 2.45) is 17.8 Å². The molecule has 0 bridgehead atoms. The summed E-state index contributed by atoms with van der Waals surface area (Å²) in [6, 6.07) is 17.7. The number of aliphatic hydroxyl groups excluding tert-OH is 1. The van der Waals surface area contributed by atoms with Crippen molar-refractivity contribution in [1.82, 2.24) is 0 Å². The van der Waals surface area contributed by atoms with Gasteiger partial charge in [0.15, 0.2) is 24.3 Å². The van der Waals surface area contributed by atoms with Gasteiger partial charge in [-0.05, 0) is 85.0 Å². The number of ether oxygens (including phenoxy) is 2. The van der Waals surface area contributed by atoms with Gasteiger partial charge in [0.05, 0.1) is 21.5 Å². The summed E-state index contributed by atoms with van der Waals surface area (Å²) in [5.41, 5.74) is 0.0742. The molecular weight excluding hydrogens is 644 g/mol. The lowest BCUT2D eigenvalue weighted by Crippen LogP contribution is -2.37. The van der Waals surface area contributed by atoms with E-state index in [1.165, 1.54) is 54.6 Å². The third kappa shape index (κ3) is 7.23. The van der Waals surface area contributed by atoms with Gasteiger partial charge in [-0.2, -0.15) is 0 Å². The number of hydrogen-bond donors (Lipinski definition) is 1. The molecule has 11 heteroatoms. The van der Waals surface area contributed by atoms with Gasteiger partial charge >= 0.3 is 5.97 Å². The monoisotopic (exact) mass is 684 g/mol. The molecule has 252 valence electrons.